The van der Waals surface area contributed by atoms with E-state index in [-0.39, 0.29) is 0 Å². The second-order valence-corrected chi connectivity index (χ2v) is 2.91. The molecule has 1 aromatic rings. The average molecular weight is 149 g/mol. The Hall–Kier alpha value is -1.12. The Bertz CT molecular complexity index is 260. The third-order valence-electron chi connectivity index (χ3n) is 1.83. The van der Waals surface area contributed by atoms with Crippen molar-refractivity contribution < 1.29 is 0 Å². The first-order valence-corrected chi connectivity index (χ1v) is 3.92. The van der Waals surface area contributed by atoms with E-state index in [2.05, 4.69) is 21.8 Å². The molecule has 1 saturated carbocycles. The van der Waals surface area contributed by atoms with Gasteiger partial charge in [0.1, 0.15) is 5.82 Å². The van der Waals surface area contributed by atoms with E-state index < -0.39 is 0 Å². The van der Waals surface area contributed by atoms with E-state index in [1.165, 1.54) is 12.8 Å². The van der Waals surface area contributed by atoms with Gasteiger partial charge in [0.15, 0.2) is 5.82 Å². The molecule has 0 unspecified atom stereocenters. The van der Waals surface area contributed by atoms with Gasteiger partial charge in [-0.3, -0.25) is 5.10 Å². The zero-order chi connectivity index (χ0) is 7.68. The smallest absolute Gasteiger partial charge is 0.153 e. The highest BCUT2D eigenvalue weighted by Crippen LogP contribution is 2.37. The summed E-state index contributed by atoms with van der Waals surface area (Å²) >= 11 is 0. The van der Waals surface area contributed by atoms with Gasteiger partial charge in [-0.25, -0.2) is 4.98 Å². The van der Waals surface area contributed by atoms with Crippen LogP contribution in [0.4, 0.5) is 0 Å². The predicted octanol–water partition coefficient (Wildman–Crippen LogP) is 1.41. The zero-order valence-corrected chi connectivity index (χ0v) is 6.38. The molecule has 0 aliphatic heterocycles. The van der Waals surface area contributed by atoms with Gasteiger partial charge in [0, 0.05) is 12.3 Å². The summed E-state index contributed by atoms with van der Waals surface area (Å²) in [7, 11) is 0. The first-order chi connectivity index (χ1) is 5.40. The molecule has 11 heavy (non-hydrogen) atoms. The number of H-pyrrole nitrogens is 1. The van der Waals surface area contributed by atoms with Crippen LogP contribution in [0.2, 0.25) is 0 Å². The van der Waals surface area contributed by atoms with Crippen molar-refractivity contribution in [1.82, 2.24) is 15.2 Å². The number of allylic oxidation sites excluding steroid dienone is 1. The molecule has 0 saturated heterocycles. The molecule has 0 aromatic carbocycles. The van der Waals surface area contributed by atoms with Crippen molar-refractivity contribution in [3.8, 4) is 0 Å². The lowest BCUT2D eigenvalue weighted by Gasteiger charge is -1.83. The maximum atomic E-state index is 4.32. The first kappa shape index (κ1) is 6.58. The van der Waals surface area contributed by atoms with Gasteiger partial charge in [-0.2, -0.15) is 5.10 Å². The number of hydrogen-bond donors (Lipinski definition) is 1. The standard InChI is InChI=1S/C8H11N3/c1-2-3-7-9-8(11-10-7)6-4-5-6/h2,6H,1,3-5H2,(H,9,10,11). The van der Waals surface area contributed by atoms with Crippen LogP contribution >= 0.6 is 0 Å². The SMILES string of the molecule is C=CCc1nc(C2CC2)n[nH]1. The molecule has 3 nitrogen and oxygen atoms in total. The summed E-state index contributed by atoms with van der Waals surface area (Å²) in [5, 5.41) is 7.01. The second kappa shape index (κ2) is 2.49. The van der Waals surface area contributed by atoms with Crippen LogP contribution < -0.4 is 0 Å². The lowest BCUT2D eigenvalue weighted by atomic mass is 10.4. The summed E-state index contributed by atoms with van der Waals surface area (Å²) in [4.78, 5) is 4.32. The van der Waals surface area contributed by atoms with E-state index in [9.17, 15) is 0 Å². The third-order valence-corrected chi connectivity index (χ3v) is 1.83. The molecule has 3 heteroatoms. The molecule has 58 valence electrons. The molecular weight excluding hydrogens is 138 g/mol. The van der Waals surface area contributed by atoms with Crippen LogP contribution in [0.5, 0.6) is 0 Å². The third kappa shape index (κ3) is 1.31. The Morgan fingerprint density at radius 2 is 2.45 bits per heavy atom. The van der Waals surface area contributed by atoms with Crippen molar-refractivity contribution in [2.75, 3.05) is 0 Å². The van der Waals surface area contributed by atoms with Gasteiger partial charge in [0.25, 0.3) is 0 Å². The van der Waals surface area contributed by atoms with Gasteiger partial charge in [-0.15, -0.1) is 6.58 Å². The van der Waals surface area contributed by atoms with Crippen LogP contribution in [-0.4, -0.2) is 15.2 Å². The van der Waals surface area contributed by atoms with Crippen LogP contribution in [0.15, 0.2) is 12.7 Å². The summed E-state index contributed by atoms with van der Waals surface area (Å²) in [6, 6.07) is 0. The Morgan fingerprint density at radius 1 is 1.64 bits per heavy atom. The average Bonchev–Trinajstić information content (AvgIpc) is 2.75. The summed E-state index contributed by atoms with van der Waals surface area (Å²) in [5.41, 5.74) is 0. The maximum absolute atomic E-state index is 4.32. The predicted molar refractivity (Wildman–Crippen MR) is 42.3 cm³/mol. The second-order valence-electron chi connectivity index (χ2n) is 2.91. The van der Waals surface area contributed by atoms with Gasteiger partial charge in [-0.1, -0.05) is 6.08 Å². The molecule has 0 radical (unpaired) electrons. The van der Waals surface area contributed by atoms with E-state index in [0.29, 0.717) is 5.92 Å². The molecule has 1 aliphatic carbocycles. The highest BCUT2D eigenvalue weighted by molar-refractivity contribution is 5.05. The molecular formula is C8H11N3. The molecule has 0 bridgehead atoms. The number of nitrogens with zero attached hydrogens (tertiary/aromatic N) is 2. The summed E-state index contributed by atoms with van der Waals surface area (Å²) in [5.74, 6) is 2.56. The van der Waals surface area contributed by atoms with Crippen molar-refractivity contribution in [3.63, 3.8) is 0 Å². The molecule has 1 N–H and O–H groups in total. The van der Waals surface area contributed by atoms with Crippen molar-refractivity contribution in [2.24, 2.45) is 0 Å². The minimum absolute atomic E-state index is 0.643. The van der Waals surface area contributed by atoms with E-state index in [0.717, 1.165) is 18.1 Å². The monoisotopic (exact) mass is 149 g/mol. The summed E-state index contributed by atoms with van der Waals surface area (Å²) in [6.07, 6.45) is 5.13. The van der Waals surface area contributed by atoms with E-state index in [4.69, 9.17) is 0 Å². The normalized spacial score (nSPS) is 16.7. The number of rotatable bonds is 3. The van der Waals surface area contributed by atoms with Crippen molar-refractivity contribution in [3.05, 3.63) is 24.3 Å². The number of hydrogen-bond acceptors (Lipinski definition) is 2. The minimum atomic E-state index is 0.643. The van der Waals surface area contributed by atoms with E-state index >= 15 is 0 Å². The largest absolute Gasteiger partial charge is 0.263 e. The zero-order valence-electron chi connectivity index (χ0n) is 6.38. The highest BCUT2D eigenvalue weighted by atomic mass is 15.2. The van der Waals surface area contributed by atoms with Crippen LogP contribution in [0.25, 0.3) is 0 Å². The molecule has 1 aromatic heterocycles. The fraction of sp³-hybridized carbons (Fsp3) is 0.500. The molecule has 0 amide bonds. The Labute approximate surface area is 65.5 Å². The van der Waals surface area contributed by atoms with E-state index in [1.54, 1.807) is 0 Å². The molecule has 1 fully saturated rings. The van der Waals surface area contributed by atoms with Gasteiger partial charge in [0.05, 0.1) is 0 Å². The van der Waals surface area contributed by atoms with E-state index in [1.807, 2.05) is 6.08 Å². The Kier molecular flexibility index (Phi) is 1.49. The van der Waals surface area contributed by atoms with Crippen LogP contribution in [0, 0.1) is 0 Å². The summed E-state index contributed by atoms with van der Waals surface area (Å²) < 4.78 is 0. The van der Waals surface area contributed by atoms with Crippen molar-refractivity contribution in [1.29, 1.82) is 0 Å². The van der Waals surface area contributed by atoms with Crippen LogP contribution in [0.3, 0.4) is 0 Å². The lowest BCUT2D eigenvalue weighted by Crippen LogP contribution is -1.84. The Morgan fingerprint density at radius 3 is 3.09 bits per heavy atom. The number of aromatic nitrogens is 3. The first-order valence-electron chi connectivity index (χ1n) is 3.92. The quantitative estimate of drug-likeness (QED) is 0.660. The topological polar surface area (TPSA) is 41.6 Å². The van der Waals surface area contributed by atoms with Crippen LogP contribution in [-0.2, 0) is 6.42 Å². The fourth-order valence-corrected chi connectivity index (χ4v) is 1.06. The number of nitrogens with one attached hydrogen (secondary N) is 1. The van der Waals surface area contributed by atoms with Crippen molar-refractivity contribution >= 4 is 0 Å². The lowest BCUT2D eigenvalue weighted by molar-refractivity contribution is 0.933. The van der Waals surface area contributed by atoms with Gasteiger partial charge in [-0.05, 0) is 12.8 Å². The molecule has 0 atom stereocenters. The van der Waals surface area contributed by atoms with Gasteiger partial charge < -0.3 is 0 Å². The molecule has 0 spiro atoms. The maximum Gasteiger partial charge on any atom is 0.153 e. The summed E-state index contributed by atoms with van der Waals surface area (Å²) in [6.45, 7) is 3.64. The van der Waals surface area contributed by atoms with Crippen molar-refractivity contribution in [2.45, 2.75) is 25.2 Å². The fourth-order valence-electron chi connectivity index (χ4n) is 1.06. The number of aromatic amines is 1. The Balaban J connectivity index is 2.11. The van der Waals surface area contributed by atoms with Gasteiger partial charge in [0.2, 0.25) is 0 Å². The molecule has 2 rings (SSSR count). The van der Waals surface area contributed by atoms with Gasteiger partial charge >= 0.3 is 0 Å². The molecule has 1 heterocycles. The molecule has 1 aliphatic rings. The van der Waals surface area contributed by atoms with Crippen LogP contribution in [0.1, 0.15) is 30.4 Å². The minimum Gasteiger partial charge on any atom is -0.263 e. The highest BCUT2D eigenvalue weighted by Gasteiger charge is 2.27.